The van der Waals surface area contributed by atoms with Crippen molar-refractivity contribution in [3.63, 3.8) is 0 Å². The van der Waals surface area contributed by atoms with Gasteiger partial charge in [0.15, 0.2) is 0 Å². The van der Waals surface area contributed by atoms with Crippen LogP contribution in [0.1, 0.15) is 44.6 Å². The number of carbonyl (C=O) groups is 1. The van der Waals surface area contributed by atoms with E-state index in [-0.39, 0.29) is 18.0 Å². The summed E-state index contributed by atoms with van der Waals surface area (Å²) in [7, 11) is 1.78. The Hall–Kier alpha value is -2.46. The molecule has 7 nitrogen and oxygen atoms in total. The van der Waals surface area contributed by atoms with Gasteiger partial charge >= 0.3 is 6.18 Å². The van der Waals surface area contributed by atoms with Gasteiger partial charge in [-0.1, -0.05) is 6.92 Å². The summed E-state index contributed by atoms with van der Waals surface area (Å²) in [6.07, 6.45) is 2.60. The van der Waals surface area contributed by atoms with Crippen molar-refractivity contribution in [1.82, 2.24) is 14.9 Å². The topological polar surface area (TPSA) is 84.6 Å². The maximum Gasteiger partial charge on any atom is 0.416 e. The smallest absolute Gasteiger partial charge is 0.381 e. The Morgan fingerprint density at radius 2 is 1.94 bits per heavy atom. The number of ether oxygens (including phenoxy) is 1. The highest BCUT2D eigenvalue weighted by Crippen LogP contribution is 2.37. The summed E-state index contributed by atoms with van der Waals surface area (Å²) in [6, 6.07) is 3.81. The van der Waals surface area contributed by atoms with Crippen LogP contribution >= 0.6 is 0 Å². The van der Waals surface area contributed by atoms with Crippen LogP contribution in [0.25, 0.3) is 10.9 Å². The van der Waals surface area contributed by atoms with Crippen molar-refractivity contribution in [2.75, 3.05) is 31.6 Å². The van der Waals surface area contributed by atoms with Gasteiger partial charge in [-0.3, -0.25) is 9.69 Å². The molecule has 34 heavy (non-hydrogen) atoms. The lowest BCUT2D eigenvalue weighted by Crippen LogP contribution is -2.64. The van der Waals surface area contributed by atoms with Gasteiger partial charge in [-0.25, -0.2) is 9.97 Å². The fraction of sp³-hybridized carbons (Fsp3) is 0.625. The van der Waals surface area contributed by atoms with Gasteiger partial charge in [-0.2, -0.15) is 13.2 Å². The Morgan fingerprint density at radius 3 is 2.53 bits per heavy atom. The van der Waals surface area contributed by atoms with Gasteiger partial charge in [0.2, 0.25) is 5.91 Å². The van der Waals surface area contributed by atoms with E-state index in [4.69, 9.17) is 10.5 Å². The summed E-state index contributed by atoms with van der Waals surface area (Å²) in [5, 5.41) is 0.266. The van der Waals surface area contributed by atoms with Crippen LogP contribution in [0.15, 0.2) is 24.5 Å². The number of fused-ring (bicyclic) bond motifs is 1. The number of carbonyl (C=O) groups excluding carboxylic acids is 1. The number of alkyl halides is 3. The zero-order valence-corrected chi connectivity index (χ0v) is 19.6. The predicted molar refractivity (Wildman–Crippen MR) is 123 cm³/mol. The highest BCUT2D eigenvalue weighted by Gasteiger charge is 2.40. The number of nitrogens with zero attached hydrogens (tertiary/aromatic N) is 4. The molecule has 1 aromatic carbocycles. The third-order valence-electron chi connectivity index (χ3n) is 7.36. The van der Waals surface area contributed by atoms with Crippen LogP contribution in [-0.4, -0.2) is 65.7 Å². The van der Waals surface area contributed by atoms with Gasteiger partial charge in [-0.15, -0.1) is 0 Å². The molecule has 2 fully saturated rings. The van der Waals surface area contributed by atoms with E-state index < -0.39 is 17.6 Å². The number of primary amides is 1. The molecule has 1 atom stereocenters. The summed E-state index contributed by atoms with van der Waals surface area (Å²) in [5.41, 5.74) is 5.13. The first kappa shape index (κ1) is 24.7. The Labute approximate surface area is 197 Å². The second kappa shape index (κ2) is 10.0. The van der Waals surface area contributed by atoms with Crippen LogP contribution in [0.4, 0.5) is 19.0 Å². The Bertz CT molecular complexity index is 1000. The van der Waals surface area contributed by atoms with E-state index in [1.54, 1.807) is 12.0 Å². The molecule has 1 unspecified atom stereocenters. The first-order chi connectivity index (χ1) is 16.2. The number of aromatic nitrogens is 2. The van der Waals surface area contributed by atoms with Crippen LogP contribution < -0.4 is 10.6 Å². The molecule has 2 heterocycles. The molecule has 2 aromatic rings. The van der Waals surface area contributed by atoms with Crippen LogP contribution in [-0.2, 0) is 15.7 Å². The lowest BCUT2D eigenvalue weighted by molar-refractivity contribution is -0.137. The lowest BCUT2D eigenvalue weighted by Gasteiger charge is -2.50. The van der Waals surface area contributed by atoms with Crippen molar-refractivity contribution in [3.8, 4) is 0 Å². The van der Waals surface area contributed by atoms with Crippen molar-refractivity contribution in [2.45, 2.75) is 63.4 Å². The first-order valence-corrected chi connectivity index (χ1v) is 11.8. The number of benzene rings is 1. The van der Waals surface area contributed by atoms with E-state index in [1.165, 1.54) is 12.4 Å². The summed E-state index contributed by atoms with van der Waals surface area (Å²) in [4.78, 5) is 24.4. The molecule has 2 N–H and O–H groups in total. The average molecular weight is 480 g/mol. The maximum absolute atomic E-state index is 13.3. The lowest BCUT2D eigenvalue weighted by atomic mass is 9.80. The van der Waals surface area contributed by atoms with Crippen molar-refractivity contribution in [2.24, 2.45) is 11.7 Å². The molecule has 1 aliphatic heterocycles. The molecule has 0 radical (unpaired) electrons. The zero-order valence-electron chi connectivity index (χ0n) is 19.6. The predicted octanol–water partition coefficient (Wildman–Crippen LogP) is 3.61. The van der Waals surface area contributed by atoms with Gasteiger partial charge in [0, 0.05) is 31.6 Å². The summed E-state index contributed by atoms with van der Waals surface area (Å²) < 4.78 is 45.6. The van der Waals surface area contributed by atoms with Gasteiger partial charge < -0.3 is 15.4 Å². The minimum Gasteiger partial charge on any atom is -0.381 e. The maximum atomic E-state index is 13.3. The number of amides is 1. The van der Waals surface area contributed by atoms with Crippen LogP contribution in [0.5, 0.6) is 0 Å². The third kappa shape index (κ3) is 5.12. The number of hydrogen-bond acceptors (Lipinski definition) is 6. The number of nitrogens with two attached hydrogens (primary N) is 1. The number of methoxy groups -OCH3 is 1. The van der Waals surface area contributed by atoms with E-state index in [9.17, 15) is 18.0 Å². The number of likely N-dealkylation sites (tertiary alicyclic amines) is 1. The monoisotopic (exact) mass is 479 g/mol. The van der Waals surface area contributed by atoms with E-state index >= 15 is 0 Å². The summed E-state index contributed by atoms with van der Waals surface area (Å²) >= 11 is 0. The van der Waals surface area contributed by atoms with Gasteiger partial charge in [0.1, 0.15) is 12.1 Å². The van der Waals surface area contributed by atoms with Crippen molar-refractivity contribution < 1.29 is 22.7 Å². The number of rotatable bonds is 8. The second-order valence-corrected chi connectivity index (χ2v) is 9.38. The standard InChI is InChI=1S/C24H32F3N5O2/c1-3-21(34-2)15-4-7-17(8-5-15)31-11-18(12-31)32(13-22(28)33)23-19-10-16(24(25,26)27)6-9-20(19)29-14-30-23/h6,9-10,14-15,17-18,21H,3-5,7-8,11-13H2,1-2H3,(H2,28,33). The molecule has 2 aliphatic rings. The normalized spacial score (nSPS) is 23.0. The highest BCUT2D eigenvalue weighted by molar-refractivity contribution is 5.92. The average Bonchev–Trinajstić information content (AvgIpc) is 2.77. The molecule has 1 aliphatic carbocycles. The summed E-state index contributed by atoms with van der Waals surface area (Å²) in [6.45, 7) is 3.48. The Morgan fingerprint density at radius 1 is 1.24 bits per heavy atom. The molecule has 186 valence electrons. The van der Waals surface area contributed by atoms with Crippen molar-refractivity contribution >= 4 is 22.6 Å². The molecule has 0 bridgehead atoms. The Balaban J connectivity index is 1.49. The fourth-order valence-corrected chi connectivity index (χ4v) is 5.51. The van der Waals surface area contributed by atoms with E-state index in [0.29, 0.717) is 42.5 Å². The van der Waals surface area contributed by atoms with Gasteiger partial charge in [0.25, 0.3) is 0 Å². The zero-order chi connectivity index (χ0) is 24.5. The van der Waals surface area contributed by atoms with Crippen LogP contribution in [0.3, 0.4) is 0 Å². The molecule has 1 saturated heterocycles. The van der Waals surface area contributed by atoms with Crippen molar-refractivity contribution in [3.05, 3.63) is 30.1 Å². The molecule has 1 aromatic heterocycles. The van der Waals surface area contributed by atoms with Crippen molar-refractivity contribution in [1.29, 1.82) is 0 Å². The van der Waals surface area contributed by atoms with Crippen LogP contribution in [0.2, 0.25) is 0 Å². The molecule has 1 saturated carbocycles. The molecule has 0 spiro atoms. The van der Waals surface area contributed by atoms with E-state index in [1.807, 2.05) is 0 Å². The van der Waals surface area contributed by atoms with Crippen LogP contribution in [0, 0.1) is 5.92 Å². The number of anilines is 1. The third-order valence-corrected chi connectivity index (χ3v) is 7.36. The van der Waals surface area contributed by atoms with Gasteiger partial charge in [-0.05, 0) is 56.2 Å². The second-order valence-electron chi connectivity index (χ2n) is 9.38. The molecule has 4 rings (SSSR count). The number of halogens is 3. The molecule has 10 heteroatoms. The van der Waals surface area contributed by atoms with Gasteiger partial charge in [0.05, 0.1) is 29.8 Å². The summed E-state index contributed by atoms with van der Waals surface area (Å²) in [5.74, 6) is 0.349. The minimum atomic E-state index is -4.48. The quantitative estimate of drug-likeness (QED) is 0.623. The molecular weight excluding hydrogens is 447 g/mol. The SMILES string of the molecule is CCC(OC)C1CCC(N2CC(N(CC(N)=O)c3ncnc4ccc(C(F)(F)F)cc34)C2)CC1. The minimum absolute atomic E-state index is 0.0553. The van der Waals surface area contributed by atoms with E-state index in [0.717, 1.165) is 44.2 Å². The number of hydrogen-bond donors (Lipinski definition) is 1. The fourth-order valence-electron chi connectivity index (χ4n) is 5.51. The Kier molecular flexibility index (Phi) is 7.28. The first-order valence-electron chi connectivity index (χ1n) is 11.8. The van der Waals surface area contributed by atoms with E-state index in [2.05, 4.69) is 21.8 Å². The molecule has 1 amide bonds. The largest absolute Gasteiger partial charge is 0.416 e. The molecular formula is C24H32F3N5O2. The highest BCUT2D eigenvalue weighted by atomic mass is 19.4.